The van der Waals surface area contributed by atoms with Gasteiger partial charge in [-0.1, -0.05) is 11.6 Å². The lowest BCUT2D eigenvalue weighted by molar-refractivity contribution is 0.0402. The number of halogens is 2. The number of aryl methyl sites for hydroxylation is 1. The molecule has 0 spiro atoms. The highest BCUT2D eigenvalue weighted by molar-refractivity contribution is 7.89. The Morgan fingerprint density at radius 1 is 1.61 bits per heavy atom. The molecule has 1 unspecified atom stereocenters. The number of alkyl halides is 1. The van der Waals surface area contributed by atoms with Crippen LogP contribution in [0.1, 0.15) is 0 Å². The standard InChI is InChI=1S/C9H13Cl2N3O3S/c1-13-9(8(11)5-12-13)18(15,16)14-2-3-17-6-7(14)4-10/h5,7H,2-4,6H2,1H3. The van der Waals surface area contributed by atoms with E-state index in [2.05, 4.69) is 5.10 Å². The highest BCUT2D eigenvalue weighted by atomic mass is 35.5. The summed E-state index contributed by atoms with van der Waals surface area (Å²) in [7, 11) is -2.17. The van der Waals surface area contributed by atoms with E-state index in [1.807, 2.05) is 0 Å². The van der Waals surface area contributed by atoms with E-state index in [-0.39, 0.29) is 35.1 Å². The number of aromatic nitrogens is 2. The molecule has 0 amide bonds. The number of hydrogen-bond donors (Lipinski definition) is 0. The molecule has 1 aromatic heterocycles. The van der Waals surface area contributed by atoms with E-state index in [0.717, 1.165) is 0 Å². The monoisotopic (exact) mass is 313 g/mol. The van der Waals surface area contributed by atoms with Crippen molar-refractivity contribution in [3.05, 3.63) is 11.2 Å². The molecular formula is C9H13Cl2N3O3S. The molecule has 1 aliphatic rings. The molecule has 18 heavy (non-hydrogen) atoms. The highest BCUT2D eigenvalue weighted by Crippen LogP contribution is 2.26. The van der Waals surface area contributed by atoms with E-state index in [9.17, 15) is 8.42 Å². The summed E-state index contributed by atoms with van der Waals surface area (Å²) in [5.74, 6) is 0.175. The van der Waals surface area contributed by atoms with E-state index in [0.29, 0.717) is 6.61 Å². The van der Waals surface area contributed by atoms with Crippen LogP contribution >= 0.6 is 23.2 Å². The van der Waals surface area contributed by atoms with Crippen molar-refractivity contribution in [2.24, 2.45) is 7.05 Å². The minimum Gasteiger partial charge on any atom is -0.378 e. The van der Waals surface area contributed by atoms with Gasteiger partial charge in [-0.2, -0.15) is 9.40 Å². The van der Waals surface area contributed by atoms with Crippen molar-refractivity contribution in [1.29, 1.82) is 0 Å². The molecule has 9 heteroatoms. The summed E-state index contributed by atoms with van der Waals surface area (Å²) >= 11 is 11.7. The number of rotatable bonds is 3. The van der Waals surface area contributed by atoms with E-state index in [4.69, 9.17) is 27.9 Å². The summed E-state index contributed by atoms with van der Waals surface area (Å²) in [4.78, 5) is 0. The van der Waals surface area contributed by atoms with Crippen LogP contribution < -0.4 is 0 Å². The van der Waals surface area contributed by atoms with Gasteiger partial charge in [0.25, 0.3) is 10.0 Å². The van der Waals surface area contributed by atoms with Gasteiger partial charge in [0.05, 0.1) is 30.5 Å². The summed E-state index contributed by atoms with van der Waals surface area (Å²) in [5.41, 5.74) is 0. The first-order valence-corrected chi connectivity index (χ1v) is 7.66. The van der Waals surface area contributed by atoms with E-state index >= 15 is 0 Å². The Labute approximate surface area is 115 Å². The molecule has 2 rings (SSSR count). The second kappa shape index (κ2) is 5.34. The lowest BCUT2D eigenvalue weighted by atomic mass is 10.3. The third kappa shape index (κ3) is 2.37. The first kappa shape index (κ1) is 14.1. The van der Waals surface area contributed by atoms with Crippen molar-refractivity contribution in [1.82, 2.24) is 14.1 Å². The van der Waals surface area contributed by atoms with Gasteiger partial charge in [0, 0.05) is 19.5 Å². The zero-order chi connectivity index (χ0) is 13.3. The highest BCUT2D eigenvalue weighted by Gasteiger charge is 2.36. The van der Waals surface area contributed by atoms with Crippen LogP contribution in [0.25, 0.3) is 0 Å². The van der Waals surface area contributed by atoms with Crippen molar-refractivity contribution in [3.8, 4) is 0 Å². The van der Waals surface area contributed by atoms with Gasteiger partial charge in [0.2, 0.25) is 0 Å². The third-order valence-corrected chi connectivity index (χ3v) is 5.56. The van der Waals surface area contributed by atoms with Crippen LogP contribution in [-0.4, -0.2) is 54.2 Å². The lowest BCUT2D eigenvalue weighted by Crippen LogP contribution is -2.49. The fraction of sp³-hybridized carbons (Fsp3) is 0.667. The zero-order valence-corrected chi connectivity index (χ0v) is 12.0. The van der Waals surface area contributed by atoms with E-state index < -0.39 is 10.0 Å². The molecule has 1 atom stereocenters. The fourth-order valence-corrected chi connectivity index (χ4v) is 4.42. The average Bonchev–Trinajstić information content (AvgIpc) is 2.69. The number of sulfonamides is 1. The van der Waals surface area contributed by atoms with Gasteiger partial charge < -0.3 is 4.74 Å². The quantitative estimate of drug-likeness (QED) is 0.771. The molecule has 1 saturated heterocycles. The Bertz CT molecular complexity index is 512. The maximum Gasteiger partial charge on any atom is 0.262 e. The predicted octanol–water partition coefficient (Wildman–Crippen LogP) is 0.702. The van der Waals surface area contributed by atoms with Crippen molar-refractivity contribution in [3.63, 3.8) is 0 Å². The van der Waals surface area contributed by atoms with E-state index in [1.165, 1.54) is 22.2 Å². The van der Waals surface area contributed by atoms with Gasteiger partial charge in [-0.05, 0) is 0 Å². The second-order valence-electron chi connectivity index (χ2n) is 3.92. The van der Waals surface area contributed by atoms with Crippen LogP contribution in [0.2, 0.25) is 5.02 Å². The molecule has 0 saturated carbocycles. The van der Waals surface area contributed by atoms with Crippen molar-refractivity contribution < 1.29 is 13.2 Å². The molecule has 0 N–H and O–H groups in total. The minimum absolute atomic E-state index is 0.0128. The average molecular weight is 314 g/mol. The Hall–Kier alpha value is -0.340. The molecule has 2 heterocycles. The first-order valence-electron chi connectivity index (χ1n) is 5.31. The van der Waals surface area contributed by atoms with Gasteiger partial charge in [-0.25, -0.2) is 8.42 Å². The van der Waals surface area contributed by atoms with Crippen molar-refractivity contribution in [2.45, 2.75) is 11.1 Å². The summed E-state index contributed by atoms with van der Waals surface area (Å²) in [6.45, 7) is 0.904. The number of hydrogen-bond acceptors (Lipinski definition) is 4. The van der Waals surface area contributed by atoms with Gasteiger partial charge >= 0.3 is 0 Å². The second-order valence-corrected chi connectivity index (χ2v) is 6.44. The first-order chi connectivity index (χ1) is 8.48. The van der Waals surface area contributed by atoms with Crippen LogP contribution in [0.15, 0.2) is 11.2 Å². The predicted molar refractivity (Wildman–Crippen MR) is 67.4 cm³/mol. The normalized spacial score (nSPS) is 22.3. The fourth-order valence-electron chi connectivity index (χ4n) is 1.88. The zero-order valence-electron chi connectivity index (χ0n) is 9.71. The van der Waals surface area contributed by atoms with Crippen LogP contribution in [0.5, 0.6) is 0 Å². The third-order valence-electron chi connectivity index (χ3n) is 2.75. The number of morpholine rings is 1. The van der Waals surface area contributed by atoms with Crippen LogP contribution in [0.4, 0.5) is 0 Å². The van der Waals surface area contributed by atoms with Gasteiger partial charge in [-0.15, -0.1) is 11.6 Å². The summed E-state index contributed by atoms with van der Waals surface area (Å²) in [6, 6.07) is -0.378. The van der Waals surface area contributed by atoms with Gasteiger partial charge in [0.1, 0.15) is 0 Å². The lowest BCUT2D eigenvalue weighted by Gasteiger charge is -2.33. The molecule has 0 aromatic carbocycles. The smallest absolute Gasteiger partial charge is 0.262 e. The van der Waals surface area contributed by atoms with Crippen molar-refractivity contribution in [2.75, 3.05) is 25.6 Å². The Morgan fingerprint density at radius 2 is 2.33 bits per heavy atom. The molecule has 0 radical (unpaired) electrons. The van der Waals surface area contributed by atoms with E-state index in [1.54, 1.807) is 0 Å². The maximum atomic E-state index is 12.5. The molecule has 1 aromatic rings. The summed E-state index contributed by atoms with van der Waals surface area (Å²) in [5, 5.41) is 3.94. The molecule has 102 valence electrons. The number of nitrogens with zero attached hydrogens (tertiary/aromatic N) is 3. The molecule has 1 fully saturated rings. The van der Waals surface area contributed by atoms with Gasteiger partial charge in [-0.3, -0.25) is 4.68 Å². The summed E-state index contributed by atoms with van der Waals surface area (Å²) in [6.07, 6.45) is 1.31. The largest absolute Gasteiger partial charge is 0.378 e. The molecule has 0 bridgehead atoms. The number of ether oxygens (including phenoxy) is 1. The Balaban J connectivity index is 2.41. The summed E-state index contributed by atoms with van der Waals surface area (Å²) < 4.78 is 32.9. The van der Waals surface area contributed by atoms with Crippen LogP contribution in [0, 0.1) is 0 Å². The topological polar surface area (TPSA) is 64.4 Å². The van der Waals surface area contributed by atoms with Crippen molar-refractivity contribution >= 4 is 33.2 Å². The SMILES string of the molecule is Cn1ncc(Cl)c1S(=O)(=O)N1CCOCC1CCl. The van der Waals surface area contributed by atoms with Crippen LogP contribution in [-0.2, 0) is 21.8 Å². The van der Waals surface area contributed by atoms with Gasteiger partial charge in [0.15, 0.2) is 5.03 Å². The van der Waals surface area contributed by atoms with Crippen LogP contribution in [0.3, 0.4) is 0 Å². The molecule has 6 nitrogen and oxygen atoms in total. The maximum absolute atomic E-state index is 12.5. The molecule has 1 aliphatic heterocycles. The molecular weight excluding hydrogens is 301 g/mol. The minimum atomic E-state index is -3.70. The Morgan fingerprint density at radius 3 is 2.89 bits per heavy atom. The molecule has 0 aliphatic carbocycles. The Kier molecular flexibility index (Phi) is 4.18.